The molecule has 0 aliphatic heterocycles. The van der Waals surface area contributed by atoms with E-state index in [2.05, 4.69) is 38.7 Å². The van der Waals surface area contributed by atoms with Gasteiger partial charge in [0.05, 0.1) is 5.69 Å². The molecular formula is C16H24N6O. The third kappa shape index (κ3) is 5.69. The first-order valence-electron chi connectivity index (χ1n) is 7.83. The highest BCUT2D eigenvalue weighted by molar-refractivity contribution is 5.76. The van der Waals surface area contributed by atoms with E-state index in [1.165, 1.54) is 0 Å². The van der Waals surface area contributed by atoms with Crippen LogP contribution < -0.4 is 10.6 Å². The summed E-state index contributed by atoms with van der Waals surface area (Å²) >= 11 is 0. The number of anilines is 1. The zero-order valence-electron chi connectivity index (χ0n) is 13.9. The molecule has 124 valence electrons. The Bertz CT molecular complexity index is 625. The summed E-state index contributed by atoms with van der Waals surface area (Å²) in [5.74, 6) is 0.884. The summed E-state index contributed by atoms with van der Waals surface area (Å²) in [6.07, 6.45) is 3.72. The zero-order valence-corrected chi connectivity index (χ0v) is 13.9. The van der Waals surface area contributed by atoms with Crippen molar-refractivity contribution in [2.24, 2.45) is 5.92 Å². The number of amides is 1. The normalized spacial score (nSPS) is 12.0. The number of aromatic nitrogens is 4. The minimum Gasteiger partial charge on any atom is -0.356 e. The molecule has 2 heterocycles. The molecule has 1 amide bonds. The summed E-state index contributed by atoms with van der Waals surface area (Å²) in [6.45, 7) is 8.09. The Balaban J connectivity index is 1.64. The van der Waals surface area contributed by atoms with Crippen molar-refractivity contribution in [3.05, 3.63) is 35.9 Å². The van der Waals surface area contributed by atoms with Gasteiger partial charge in [0, 0.05) is 44.1 Å². The Kier molecular flexibility index (Phi) is 6.08. The molecular weight excluding hydrogens is 292 g/mol. The van der Waals surface area contributed by atoms with Crippen LogP contribution >= 0.6 is 0 Å². The number of carbonyl (C=O) groups excluding carboxylic acids is 1. The van der Waals surface area contributed by atoms with Crippen LogP contribution in [0, 0.1) is 19.8 Å². The summed E-state index contributed by atoms with van der Waals surface area (Å²) in [5, 5.41) is 10.4. The average molecular weight is 316 g/mol. The van der Waals surface area contributed by atoms with Crippen LogP contribution in [0.3, 0.4) is 0 Å². The second-order valence-electron chi connectivity index (χ2n) is 5.77. The van der Waals surface area contributed by atoms with Crippen molar-refractivity contribution >= 4 is 11.9 Å². The highest BCUT2D eigenvalue weighted by atomic mass is 16.1. The van der Waals surface area contributed by atoms with E-state index in [4.69, 9.17) is 0 Å². The molecule has 0 bridgehead atoms. The quantitative estimate of drug-likeness (QED) is 0.772. The average Bonchev–Trinajstić information content (AvgIpc) is 2.84. The van der Waals surface area contributed by atoms with E-state index < -0.39 is 0 Å². The van der Waals surface area contributed by atoms with E-state index in [-0.39, 0.29) is 5.91 Å². The minimum absolute atomic E-state index is 0.0219. The van der Waals surface area contributed by atoms with Gasteiger partial charge < -0.3 is 10.6 Å². The number of nitrogens with zero attached hydrogens (tertiary/aromatic N) is 4. The van der Waals surface area contributed by atoms with Crippen LogP contribution in [-0.4, -0.2) is 38.7 Å². The highest BCUT2D eigenvalue weighted by Gasteiger charge is 2.09. The molecule has 0 aromatic carbocycles. The Morgan fingerprint density at radius 3 is 2.70 bits per heavy atom. The molecule has 2 N–H and O–H groups in total. The lowest BCUT2D eigenvalue weighted by Crippen LogP contribution is -2.31. The largest absolute Gasteiger partial charge is 0.356 e. The van der Waals surface area contributed by atoms with E-state index in [0.29, 0.717) is 31.4 Å². The van der Waals surface area contributed by atoms with Crippen LogP contribution in [0.15, 0.2) is 24.5 Å². The monoisotopic (exact) mass is 316 g/mol. The van der Waals surface area contributed by atoms with Gasteiger partial charge in [-0.05, 0) is 31.9 Å². The van der Waals surface area contributed by atoms with E-state index >= 15 is 0 Å². The molecule has 1 unspecified atom stereocenters. The lowest BCUT2D eigenvalue weighted by Gasteiger charge is -2.14. The van der Waals surface area contributed by atoms with Crippen molar-refractivity contribution in [3.63, 3.8) is 0 Å². The summed E-state index contributed by atoms with van der Waals surface area (Å²) < 4.78 is 1.99. The fourth-order valence-corrected chi connectivity index (χ4v) is 2.27. The van der Waals surface area contributed by atoms with Crippen molar-refractivity contribution < 1.29 is 4.79 Å². The molecule has 0 aliphatic rings. The molecule has 0 saturated carbocycles. The molecule has 1 atom stereocenters. The fraction of sp³-hybridized carbons (Fsp3) is 0.500. The van der Waals surface area contributed by atoms with Gasteiger partial charge in [0.2, 0.25) is 11.9 Å². The third-order valence-corrected chi connectivity index (χ3v) is 3.44. The standard InChI is InChI=1S/C16H24N6O/c1-12(11-22-14(3)9-13(2)21-22)10-20-15(23)5-8-19-16-17-6-4-7-18-16/h4,6-7,9,12H,5,8,10-11H2,1-3H3,(H,20,23)(H,17,18,19). The predicted molar refractivity (Wildman–Crippen MR) is 89.0 cm³/mol. The van der Waals surface area contributed by atoms with Crippen LogP contribution in [0.2, 0.25) is 0 Å². The van der Waals surface area contributed by atoms with Gasteiger partial charge in [-0.1, -0.05) is 6.92 Å². The van der Waals surface area contributed by atoms with E-state index in [1.54, 1.807) is 18.5 Å². The smallest absolute Gasteiger partial charge is 0.222 e. The van der Waals surface area contributed by atoms with Crippen molar-refractivity contribution in [1.29, 1.82) is 0 Å². The maximum absolute atomic E-state index is 11.8. The first-order valence-corrected chi connectivity index (χ1v) is 7.83. The lowest BCUT2D eigenvalue weighted by molar-refractivity contribution is -0.121. The number of hydrogen-bond donors (Lipinski definition) is 2. The molecule has 7 nitrogen and oxygen atoms in total. The molecule has 0 aliphatic carbocycles. The van der Waals surface area contributed by atoms with Crippen molar-refractivity contribution in [3.8, 4) is 0 Å². The Morgan fingerprint density at radius 2 is 2.04 bits per heavy atom. The SMILES string of the molecule is Cc1cc(C)n(CC(C)CNC(=O)CCNc2ncccn2)n1. The molecule has 0 spiro atoms. The van der Waals surface area contributed by atoms with Gasteiger partial charge in [-0.15, -0.1) is 0 Å². The van der Waals surface area contributed by atoms with Crippen LogP contribution in [0.25, 0.3) is 0 Å². The van der Waals surface area contributed by atoms with Gasteiger partial charge in [0.15, 0.2) is 0 Å². The van der Waals surface area contributed by atoms with Gasteiger partial charge >= 0.3 is 0 Å². The first-order chi connectivity index (χ1) is 11.0. The minimum atomic E-state index is 0.0219. The summed E-state index contributed by atoms with van der Waals surface area (Å²) in [4.78, 5) is 19.9. The molecule has 2 rings (SSSR count). The third-order valence-electron chi connectivity index (χ3n) is 3.44. The number of aryl methyl sites for hydroxylation is 2. The van der Waals surface area contributed by atoms with Crippen LogP contribution in [0.1, 0.15) is 24.7 Å². The lowest BCUT2D eigenvalue weighted by atomic mass is 10.2. The van der Waals surface area contributed by atoms with Gasteiger partial charge in [0.25, 0.3) is 0 Å². The van der Waals surface area contributed by atoms with E-state index in [1.807, 2.05) is 18.5 Å². The molecule has 0 radical (unpaired) electrons. The molecule has 2 aromatic heterocycles. The molecule has 0 saturated heterocycles. The fourth-order valence-electron chi connectivity index (χ4n) is 2.27. The van der Waals surface area contributed by atoms with Crippen LogP contribution in [-0.2, 0) is 11.3 Å². The van der Waals surface area contributed by atoms with Gasteiger partial charge in [-0.3, -0.25) is 9.48 Å². The van der Waals surface area contributed by atoms with Crippen molar-refractivity contribution in [1.82, 2.24) is 25.1 Å². The van der Waals surface area contributed by atoms with Gasteiger partial charge in [-0.2, -0.15) is 5.10 Å². The van der Waals surface area contributed by atoms with Crippen LogP contribution in [0.4, 0.5) is 5.95 Å². The van der Waals surface area contributed by atoms with E-state index in [9.17, 15) is 4.79 Å². The molecule has 0 fully saturated rings. The Morgan fingerprint density at radius 1 is 1.30 bits per heavy atom. The zero-order chi connectivity index (χ0) is 16.7. The topological polar surface area (TPSA) is 84.7 Å². The summed E-state index contributed by atoms with van der Waals surface area (Å²) in [6, 6.07) is 3.81. The Labute approximate surface area is 136 Å². The van der Waals surface area contributed by atoms with Crippen molar-refractivity contribution in [2.75, 3.05) is 18.4 Å². The number of hydrogen-bond acceptors (Lipinski definition) is 5. The summed E-state index contributed by atoms with van der Waals surface area (Å²) in [5.41, 5.74) is 2.17. The molecule has 23 heavy (non-hydrogen) atoms. The number of nitrogens with one attached hydrogen (secondary N) is 2. The van der Waals surface area contributed by atoms with Crippen molar-refractivity contribution in [2.45, 2.75) is 33.7 Å². The van der Waals surface area contributed by atoms with Gasteiger partial charge in [-0.25, -0.2) is 9.97 Å². The second kappa shape index (κ2) is 8.26. The highest BCUT2D eigenvalue weighted by Crippen LogP contribution is 2.05. The van der Waals surface area contributed by atoms with E-state index in [0.717, 1.165) is 17.9 Å². The predicted octanol–water partition coefficient (Wildman–Crippen LogP) is 1.54. The number of rotatable bonds is 8. The Hall–Kier alpha value is -2.44. The maximum Gasteiger partial charge on any atom is 0.222 e. The molecule has 7 heteroatoms. The van der Waals surface area contributed by atoms with Gasteiger partial charge in [0.1, 0.15) is 0 Å². The maximum atomic E-state index is 11.8. The second-order valence-corrected chi connectivity index (χ2v) is 5.77. The summed E-state index contributed by atoms with van der Waals surface area (Å²) in [7, 11) is 0. The number of carbonyl (C=O) groups is 1. The first kappa shape index (κ1) is 16.9. The van der Waals surface area contributed by atoms with Crippen LogP contribution in [0.5, 0.6) is 0 Å². The molecule has 2 aromatic rings.